The fraction of sp³-hybridized carbons (Fsp3) is 0.167. The van der Waals surface area contributed by atoms with Crippen LogP contribution >= 0.6 is 12.2 Å². The van der Waals surface area contributed by atoms with Crippen molar-refractivity contribution in [2.24, 2.45) is 7.05 Å². The molecule has 0 saturated carbocycles. The molecule has 0 unspecified atom stereocenters. The zero-order valence-corrected chi connectivity index (χ0v) is 11.1. The van der Waals surface area contributed by atoms with Crippen LogP contribution in [0.4, 0.5) is 0 Å². The third-order valence-corrected chi connectivity index (χ3v) is 3.29. The van der Waals surface area contributed by atoms with Crippen LogP contribution in [0.5, 0.6) is 0 Å². The van der Waals surface area contributed by atoms with Crippen molar-refractivity contribution in [3.05, 3.63) is 46.7 Å². The molecule has 0 fully saturated rings. The summed E-state index contributed by atoms with van der Waals surface area (Å²) in [5.74, 6) is 0.540. The molecule has 2 heterocycles. The summed E-state index contributed by atoms with van der Waals surface area (Å²) in [4.78, 5) is 1.56. The molecule has 3 aromatic rings. The van der Waals surface area contributed by atoms with Crippen molar-refractivity contribution in [1.82, 2.24) is 30.0 Å². The quantitative estimate of drug-likeness (QED) is 0.738. The van der Waals surface area contributed by atoms with Crippen molar-refractivity contribution in [3.8, 4) is 11.4 Å². The summed E-state index contributed by atoms with van der Waals surface area (Å²) in [7, 11) is 1.85. The molecule has 0 amide bonds. The van der Waals surface area contributed by atoms with Crippen molar-refractivity contribution in [2.45, 2.75) is 6.54 Å². The van der Waals surface area contributed by atoms with Gasteiger partial charge < -0.3 is 5.10 Å². The minimum atomic E-state index is 0.540. The van der Waals surface area contributed by atoms with Crippen LogP contribution < -0.4 is 0 Å². The fourth-order valence-corrected chi connectivity index (χ4v) is 1.99. The third kappa shape index (κ3) is 2.32. The van der Waals surface area contributed by atoms with Gasteiger partial charge in [0.1, 0.15) is 4.64 Å². The van der Waals surface area contributed by atoms with Gasteiger partial charge in [0, 0.05) is 13.2 Å². The highest BCUT2D eigenvalue weighted by atomic mass is 32.1. The molecule has 96 valence electrons. The van der Waals surface area contributed by atoms with Gasteiger partial charge in [0.2, 0.25) is 5.82 Å². The van der Waals surface area contributed by atoms with Crippen LogP contribution in [-0.4, -0.2) is 30.0 Å². The van der Waals surface area contributed by atoms with Crippen LogP contribution in [0.15, 0.2) is 36.5 Å². The van der Waals surface area contributed by atoms with E-state index in [-0.39, 0.29) is 0 Å². The van der Waals surface area contributed by atoms with Crippen LogP contribution in [0.1, 0.15) is 5.56 Å². The Morgan fingerprint density at radius 3 is 2.74 bits per heavy atom. The molecular formula is C12H12N6S. The summed E-state index contributed by atoms with van der Waals surface area (Å²) in [5.41, 5.74) is 1.92. The number of benzene rings is 1. The fourth-order valence-electron chi connectivity index (χ4n) is 1.79. The van der Waals surface area contributed by atoms with Crippen molar-refractivity contribution in [2.75, 3.05) is 0 Å². The lowest BCUT2D eigenvalue weighted by Gasteiger charge is -1.97. The molecule has 0 saturated heterocycles. The molecule has 3 rings (SSSR count). The largest absolute Gasteiger partial charge is 0.304 e. The first-order valence-electron chi connectivity index (χ1n) is 5.80. The topological polar surface area (TPSA) is 64.3 Å². The molecule has 1 aromatic carbocycles. The van der Waals surface area contributed by atoms with Crippen LogP contribution in [0.25, 0.3) is 11.4 Å². The highest BCUT2D eigenvalue weighted by molar-refractivity contribution is 7.71. The number of nitrogens with zero attached hydrogens (tertiary/aromatic N) is 5. The second-order valence-corrected chi connectivity index (χ2v) is 4.57. The molecule has 0 aliphatic heterocycles. The van der Waals surface area contributed by atoms with Crippen molar-refractivity contribution >= 4 is 12.2 Å². The SMILES string of the molecule is Cn1[nH]cc(-c2nnn(Cc3ccccc3)n2)c1=S. The molecule has 0 bridgehead atoms. The normalized spacial score (nSPS) is 10.8. The smallest absolute Gasteiger partial charge is 0.209 e. The van der Waals surface area contributed by atoms with Crippen molar-refractivity contribution < 1.29 is 0 Å². The van der Waals surface area contributed by atoms with Crippen LogP contribution in [0.2, 0.25) is 0 Å². The van der Waals surface area contributed by atoms with Crippen LogP contribution in [-0.2, 0) is 13.6 Å². The zero-order chi connectivity index (χ0) is 13.2. The van der Waals surface area contributed by atoms with E-state index in [9.17, 15) is 0 Å². The number of aromatic amines is 1. The van der Waals surface area contributed by atoms with E-state index in [0.29, 0.717) is 17.0 Å². The second-order valence-electron chi connectivity index (χ2n) is 4.18. The van der Waals surface area contributed by atoms with E-state index in [1.807, 2.05) is 37.4 Å². The summed E-state index contributed by atoms with van der Waals surface area (Å²) in [6.45, 7) is 0.594. The maximum Gasteiger partial charge on any atom is 0.209 e. The summed E-state index contributed by atoms with van der Waals surface area (Å²) in [5, 5.41) is 15.4. The molecule has 0 aliphatic carbocycles. The number of aryl methyl sites for hydroxylation is 1. The van der Waals surface area contributed by atoms with Gasteiger partial charge >= 0.3 is 0 Å². The van der Waals surface area contributed by atoms with Gasteiger partial charge in [-0.3, -0.25) is 4.68 Å². The van der Waals surface area contributed by atoms with Crippen LogP contribution in [0, 0.1) is 4.64 Å². The Balaban J connectivity index is 1.88. The van der Waals surface area contributed by atoms with Gasteiger partial charge in [-0.2, -0.15) is 4.80 Å². The summed E-state index contributed by atoms with van der Waals surface area (Å²) < 4.78 is 2.40. The van der Waals surface area contributed by atoms with E-state index in [1.54, 1.807) is 15.7 Å². The van der Waals surface area contributed by atoms with Gasteiger partial charge in [0.15, 0.2) is 0 Å². The van der Waals surface area contributed by atoms with Crippen LogP contribution in [0.3, 0.4) is 0 Å². The van der Waals surface area contributed by atoms with Crippen molar-refractivity contribution in [1.29, 1.82) is 0 Å². The lowest BCUT2D eigenvalue weighted by Crippen LogP contribution is -2.03. The number of hydrogen-bond acceptors (Lipinski definition) is 4. The van der Waals surface area contributed by atoms with Gasteiger partial charge in [-0.1, -0.05) is 42.5 Å². The van der Waals surface area contributed by atoms with Gasteiger partial charge in [-0.25, -0.2) is 0 Å². The molecule has 0 spiro atoms. The van der Waals surface area contributed by atoms with E-state index in [2.05, 4.69) is 20.5 Å². The van der Waals surface area contributed by atoms with E-state index < -0.39 is 0 Å². The Labute approximate surface area is 114 Å². The first kappa shape index (κ1) is 11.8. The molecule has 7 heteroatoms. The summed E-state index contributed by atoms with van der Waals surface area (Å²) in [6.07, 6.45) is 1.78. The zero-order valence-electron chi connectivity index (χ0n) is 10.3. The number of tetrazole rings is 1. The first-order chi connectivity index (χ1) is 9.24. The third-order valence-electron chi connectivity index (χ3n) is 2.80. The number of hydrogen-bond donors (Lipinski definition) is 1. The van der Waals surface area contributed by atoms with Gasteiger partial charge in [-0.15, -0.1) is 10.2 Å². The second kappa shape index (κ2) is 4.77. The first-order valence-corrected chi connectivity index (χ1v) is 6.21. The molecule has 6 nitrogen and oxygen atoms in total. The predicted octanol–water partition coefficient (Wildman–Crippen LogP) is 1.78. The highest BCUT2D eigenvalue weighted by Crippen LogP contribution is 2.14. The average molecular weight is 272 g/mol. The lowest BCUT2D eigenvalue weighted by molar-refractivity contribution is 0.573. The Morgan fingerprint density at radius 2 is 2.05 bits per heavy atom. The Hall–Kier alpha value is -2.28. The minimum Gasteiger partial charge on any atom is -0.304 e. The van der Waals surface area contributed by atoms with Crippen molar-refractivity contribution in [3.63, 3.8) is 0 Å². The maximum atomic E-state index is 5.26. The number of rotatable bonds is 3. The van der Waals surface area contributed by atoms with Gasteiger partial charge in [-0.05, 0) is 10.8 Å². The Morgan fingerprint density at radius 1 is 1.26 bits per heavy atom. The molecule has 0 radical (unpaired) electrons. The summed E-state index contributed by atoms with van der Waals surface area (Å²) >= 11 is 5.26. The maximum absolute atomic E-state index is 5.26. The van der Waals surface area contributed by atoms with E-state index in [4.69, 9.17) is 12.2 Å². The molecule has 1 N–H and O–H groups in total. The molecule has 19 heavy (non-hydrogen) atoms. The van der Waals surface area contributed by atoms with E-state index in [1.165, 1.54) is 0 Å². The summed E-state index contributed by atoms with van der Waals surface area (Å²) in [6, 6.07) is 10.0. The minimum absolute atomic E-state index is 0.540. The lowest BCUT2D eigenvalue weighted by atomic mass is 10.2. The molecular weight excluding hydrogens is 260 g/mol. The standard InChI is InChI=1S/C12H12N6S/c1-17-12(19)10(7-13-17)11-14-16-18(15-11)8-9-5-3-2-4-6-9/h2-7,13H,8H2,1H3. The van der Waals surface area contributed by atoms with Gasteiger partial charge in [0.25, 0.3) is 0 Å². The number of nitrogens with one attached hydrogen (secondary N) is 1. The predicted molar refractivity (Wildman–Crippen MR) is 73.0 cm³/mol. The van der Waals surface area contributed by atoms with Gasteiger partial charge in [0.05, 0.1) is 12.1 Å². The van der Waals surface area contributed by atoms with E-state index >= 15 is 0 Å². The number of H-pyrrole nitrogens is 1. The van der Waals surface area contributed by atoms with E-state index in [0.717, 1.165) is 11.1 Å². The Bertz CT molecular complexity index is 739. The highest BCUT2D eigenvalue weighted by Gasteiger charge is 2.10. The molecule has 2 aromatic heterocycles. The molecule has 0 atom stereocenters. The Kier molecular flexibility index (Phi) is 2.96. The monoisotopic (exact) mass is 272 g/mol. The number of aromatic nitrogens is 6. The molecule has 0 aliphatic rings. The average Bonchev–Trinajstić information content (AvgIpc) is 3.00.